The molecule has 0 bridgehead atoms. The molecule has 1 aliphatic heterocycles. The van der Waals surface area contributed by atoms with Gasteiger partial charge in [-0.2, -0.15) is 4.98 Å². The zero-order chi connectivity index (χ0) is 13.9. The molecule has 1 aromatic carbocycles. The summed E-state index contributed by atoms with van der Waals surface area (Å²) in [5.74, 6) is -0.392. The van der Waals surface area contributed by atoms with Crippen LogP contribution in [-0.2, 0) is 0 Å². The van der Waals surface area contributed by atoms with E-state index in [1.54, 1.807) is 0 Å². The molecule has 104 valence electrons. The van der Waals surface area contributed by atoms with Crippen molar-refractivity contribution in [3.05, 3.63) is 36.3 Å². The summed E-state index contributed by atoms with van der Waals surface area (Å²) in [6.07, 6.45) is 3.54. The molecular weight excluding hydrogens is 257 g/mol. The first-order chi connectivity index (χ1) is 9.72. The average molecular weight is 273 g/mol. The van der Waals surface area contributed by atoms with Crippen LogP contribution in [0.5, 0.6) is 0 Å². The van der Waals surface area contributed by atoms with Crippen molar-refractivity contribution < 1.29 is 4.39 Å². The van der Waals surface area contributed by atoms with Gasteiger partial charge in [0, 0.05) is 24.5 Å². The highest BCUT2D eigenvalue weighted by Crippen LogP contribution is 2.24. The van der Waals surface area contributed by atoms with Gasteiger partial charge in [0.1, 0.15) is 0 Å². The van der Waals surface area contributed by atoms with Crippen molar-refractivity contribution in [2.24, 2.45) is 0 Å². The van der Waals surface area contributed by atoms with Gasteiger partial charge in [-0.15, -0.1) is 0 Å². The molecule has 0 spiro atoms. The highest BCUT2D eigenvalue weighted by molar-refractivity contribution is 5.61. The third-order valence-electron chi connectivity index (χ3n) is 3.36. The minimum absolute atomic E-state index is 0.0441. The molecule has 20 heavy (non-hydrogen) atoms. The summed E-state index contributed by atoms with van der Waals surface area (Å²) in [7, 11) is 0. The lowest BCUT2D eigenvalue weighted by Crippen LogP contribution is -2.17. The maximum atomic E-state index is 13.5. The van der Waals surface area contributed by atoms with Gasteiger partial charge in [-0.1, -0.05) is 0 Å². The summed E-state index contributed by atoms with van der Waals surface area (Å²) < 4.78 is 13.5. The van der Waals surface area contributed by atoms with Gasteiger partial charge in [0.05, 0.1) is 6.20 Å². The van der Waals surface area contributed by atoms with Crippen LogP contribution < -0.4 is 16.0 Å². The van der Waals surface area contributed by atoms with Crippen molar-refractivity contribution >= 4 is 23.1 Å². The third-order valence-corrected chi connectivity index (χ3v) is 3.36. The van der Waals surface area contributed by atoms with E-state index >= 15 is 0 Å². The van der Waals surface area contributed by atoms with Crippen LogP contribution in [0.4, 0.5) is 27.5 Å². The van der Waals surface area contributed by atoms with Crippen LogP contribution >= 0.6 is 0 Å². The molecule has 1 saturated heterocycles. The number of nitrogens with zero attached hydrogens (tertiary/aromatic N) is 3. The molecule has 3 N–H and O–H groups in total. The number of nitrogen functional groups attached to an aromatic ring is 1. The van der Waals surface area contributed by atoms with Crippen molar-refractivity contribution in [3.63, 3.8) is 0 Å². The predicted octanol–water partition coefficient (Wildman–Crippen LogP) is 2.54. The fourth-order valence-corrected chi connectivity index (χ4v) is 2.34. The molecule has 0 atom stereocenters. The Labute approximate surface area is 116 Å². The van der Waals surface area contributed by atoms with Gasteiger partial charge in [-0.05, 0) is 37.1 Å². The molecule has 0 saturated carbocycles. The van der Waals surface area contributed by atoms with Crippen LogP contribution in [0.1, 0.15) is 12.8 Å². The number of hydrogen-bond donors (Lipinski definition) is 2. The van der Waals surface area contributed by atoms with Crippen molar-refractivity contribution in [3.8, 4) is 0 Å². The molecule has 0 aliphatic carbocycles. The molecule has 0 unspecified atom stereocenters. The van der Waals surface area contributed by atoms with E-state index in [-0.39, 0.29) is 11.8 Å². The number of halogens is 1. The third kappa shape index (κ3) is 2.64. The van der Waals surface area contributed by atoms with Crippen molar-refractivity contribution in [2.45, 2.75) is 12.8 Å². The number of anilines is 4. The molecule has 6 heteroatoms. The highest BCUT2D eigenvalue weighted by Gasteiger charge is 2.12. The van der Waals surface area contributed by atoms with Crippen LogP contribution in [0.2, 0.25) is 0 Å². The first-order valence-electron chi connectivity index (χ1n) is 6.62. The molecule has 5 nitrogen and oxygen atoms in total. The van der Waals surface area contributed by atoms with E-state index in [1.165, 1.54) is 18.5 Å². The Kier molecular flexibility index (Phi) is 3.37. The Hall–Kier alpha value is -2.37. The largest absolute Gasteiger partial charge is 0.372 e. The minimum Gasteiger partial charge on any atom is -0.372 e. The quantitative estimate of drug-likeness (QED) is 0.899. The number of aromatic nitrogens is 2. The molecule has 1 fully saturated rings. The Morgan fingerprint density at radius 1 is 1.15 bits per heavy atom. The number of benzene rings is 1. The van der Waals surface area contributed by atoms with Crippen LogP contribution in [0.15, 0.2) is 30.5 Å². The zero-order valence-corrected chi connectivity index (χ0v) is 11.0. The fraction of sp³-hybridized carbons (Fsp3) is 0.286. The Bertz CT molecular complexity index is 593. The molecule has 0 radical (unpaired) electrons. The molecule has 3 rings (SSSR count). The second-order valence-electron chi connectivity index (χ2n) is 4.79. The summed E-state index contributed by atoms with van der Waals surface area (Å²) in [5.41, 5.74) is 7.41. The van der Waals surface area contributed by atoms with Crippen molar-refractivity contribution in [1.29, 1.82) is 0 Å². The second kappa shape index (κ2) is 5.32. The standard InChI is InChI=1S/C14H16FN5/c15-12-9-17-14(16)19-13(12)18-10-3-5-11(6-4-10)20-7-1-2-8-20/h3-6,9H,1-2,7-8H2,(H3,16,17,18,19). The van der Waals surface area contributed by atoms with E-state index in [4.69, 9.17) is 5.73 Å². The van der Waals surface area contributed by atoms with Gasteiger partial charge >= 0.3 is 0 Å². The molecule has 1 aromatic heterocycles. The molecular formula is C14H16FN5. The average Bonchev–Trinajstić information content (AvgIpc) is 2.98. The normalized spacial score (nSPS) is 14.6. The van der Waals surface area contributed by atoms with E-state index in [9.17, 15) is 4.39 Å². The monoisotopic (exact) mass is 273 g/mol. The second-order valence-corrected chi connectivity index (χ2v) is 4.79. The molecule has 0 amide bonds. The topological polar surface area (TPSA) is 67.1 Å². The lowest BCUT2D eigenvalue weighted by Gasteiger charge is -2.17. The van der Waals surface area contributed by atoms with E-state index in [0.717, 1.165) is 25.0 Å². The zero-order valence-electron chi connectivity index (χ0n) is 11.0. The number of rotatable bonds is 3. The van der Waals surface area contributed by atoms with E-state index in [0.29, 0.717) is 0 Å². The molecule has 1 aliphatic rings. The first-order valence-corrected chi connectivity index (χ1v) is 6.62. The Morgan fingerprint density at radius 3 is 2.55 bits per heavy atom. The van der Waals surface area contributed by atoms with Crippen molar-refractivity contribution in [1.82, 2.24) is 9.97 Å². The van der Waals surface area contributed by atoms with Gasteiger partial charge in [0.25, 0.3) is 0 Å². The number of nitrogens with two attached hydrogens (primary N) is 1. The summed E-state index contributed by atoms with van der Waals surface area (Å²) >= 11 is 0. The van der Waals surface area contributed by atoms with Gasteiger partial charge in [0.2, 0.25) is 5.95 Å². The van der Waals surface area contributed by atoms with Gasteiger partial charge in [0.15, 0.2) is 11.6 Å². The SMILES string of the molecule is Nc1ncc(F)c(Nc2ccc(N3CCCC3)cc2)n1. The van der Waals surface area contributed by atoms with Gasteiger partial charge in [-0.3, -0.25) is 0 Å². The summed E-state index contributed by atoms with van der Waals surface area (Å²) in [6, 6.07) is 7.86. The summed E-state index contributed by atoms with van der Waals surface area (Å²) in [5, 5.41) is 2.91. The Balaban J connectivity index is 1.76. The number of hydrogen-bond acceptors (Lipinski definition) is 5. The summed E-state index contributed by atoms with van der Waals surface area (Å²) in [6.45, 7) is 2.20. The van der Waals surface area contributed by atoms with Crippen LogP contribution in [0.25, 0.3) is 0 Å². The van der Waals surface area contributed by atoms with E-state index in [1.807, 2.05) is 24.3 Å². The maximum absolute atomic E-state index is 13.5. The highest BCUT2D eigenvalue weighted by atomic mass is 19.1. The fourth-order valence-electron chi connectivity index (χ4n) is 2.34. The summed E-state index contributed by atoms with van der Waals surface area (Å²) in [4.78, 5) is 9.77. The minimum atomic E-state index is -0.525. The van der Waals surface area contributed by atoms with Crippen LogP contribution in [0.3, 0.4) is 0 Å². The lowest BCUT2D eigenvalue weighted by atomic mass is 10.2. The van der Waals surface area contributed by atoms with Crippen LogP contribution in [-0.4, -0.2) is 23.1 Å². The van der Waals surface area contributed by atoms with Gasteiger partial charge < -0.3 is 16.0 Å². The maximum Gasteiger partial charge on any atom is 0.222 e. The van der Waals surface area contributed by atoms with E-state index < -0.39 is 5.82 Å². The first kappa shape index (κ1) is 12.7. The molecule has 2 aromatic rings. The lowest BCUT2D eigenvalue weighted by molar-refractivity contribution is 0.620. The number of nitrogens with one attached hydrogen (secondary N) is 1. The van der Waals surface area contributed by atoms with Gasteiger partial charge in [-0.25, -0.2) is 9.37 Å². The smallest absolute Gasteiger partial charge is 0.222 e. The van der Waals surface area contributed by atoms with E-state index in [2.05, 4.69) is 20.2 Å². The Morgan fingerprint density at radius 2 is 1.85 bits per heavy atom. The van der Waals surface area contributed by atoms with Crippen molar-refractivity contribution in [2.75, 3.05) is 29.0 Å². The van der Waals surface area contributed by atoms with Crippen LogP contribution in [0, 0.1) is 5.82 Å². The molecule has 2 heterocycles. The predicted molar refractivity (Wildman–Crippen MR) is 77.6 cm³/mol.